The van der Waals surface area contributed by atoms with Crippen molar-refractivity contribution < 1.29 is 14.5 Å². The zero-order valence-corrected chi connectivity index (χ0v) is 13.6. The highest BCUT2D eigenvalue weighted by Crippen LogP contribution is 2.31. The van der Waals surface area contributed by atoms with Crippen LogP contribution in [-0.4, -0.2) is 30.0 Å². The van der Waals surface area contributed by atoms with Crippen LogP contribution < -0.4 is 9.64 Å². The Morgan fingerprint density at radius 1 is 1.26 bits per heavy atom. The Morgan fingerprint density at radius 3 is 2.39 bits per heavy atom. The highest BCUT2D eigenvalue weighted by Gasteiger charge is 2.27. The summed E-state index contributed by atoms with van der Waals surface area (Å²) in [7, 11) is 2.71. The van der Waals surface area contributed by atoms with E-state index in [0.717, 1.165) is 4.90 Å². The zero-order chi connectivity index (χ0) is 17.1. The minimum atomic E-state index is -0.639. The van der Waals surface area contributed by atoms with Gasteiger partial charge in [0.2, 0.25) is 11.7 Å². The summed E-state index contributed by atoms with van der Waals surface area (Å²) in [6.07, 6.45) is 0. The van der Waals surface area contributed by atoms with Gasteiger partial charge in [-0.1, -0.05) is 29.3 Å². The summed E-state index contributed by atoms with van der Waals surface area (Å²) in [5, 5.41) is 11.4. The van der Waals surface area contributed by atoms with Crippen molar-refractivity contribution in [2.24, 2.45) is 0 Å². The van der Waals surface area contributed by atoms with Gasteiger partial charge in [0.15, 0.2) is 0 Å². The highest BCUT2D eigenvalue weighted by molar-refractivity contribution is 6.40. The molecule has 0 saturated heterocycles. The predicted octanol–water partition coefficient (Wildman–Crippen LogP) is 3.58. The molecule has 0 saturated carbocycles. The van der Waals surface area contributed by atoms with E-state index in [1.165, 1.54) is 38.4 Å². The van der Waals surface area contributed by atoms with E-state index in [-0.39, 0.29) is 33.0 Å². The maximum Gasteiger partial charge on any atom is 0.312 e. The molecule has 2 aromatic rings. The number of anilines is 1. The first-order valence-electron chi connectivity index (χ1n) is 6.28. The van der Waals surface area contributed by atoms with E-state index in [4.69, 9.17) is 27.9 Å². The van der Waals surface area contributed by atoms with Gasteiger partial charge < -0.3 is 4.74 Å². The maximum absolute atomic E-state index is 12.6. The molecule has 0 bridgehead atoms. The van der Waals surface area contributed by atoms with Gasteiger partial charge in [-0.05, 0) is 12.1 Å². The van der Waals surface area contributed by atoms with Gasteiger partial charge in [0.05, 0.1) is 27.6 Å². The van der Waals surface area contributed by atoms with E-state index in [0.29, 0.717) is 0 Å². The molecular weight excluding hydrogens is 345 g/mol. The van der Waals surface area contributed by atoms with E-state index < -0.39 is 10.8 Å². The van der Waals surface area contributed by atoms with Crippen molar-refractivity contribution in [2.75, 3.05) is 19.1 Å². The van der Waals surface area contributed by atoms with E-state index in [1.54, 1.807) is 6.07 Å². The lowest BCUT2D eigenvalue weighted by atomic mass is 10.2. The molecule has 9 heteroatoms. The fourth-order valence-electron chi connectivity index (χ4n) is 1.89. The third kappa shape index (κ3) is 3.35. The molecule has 23 heavy (non-hydrogen) atoms. The largest absolute Gasteiger partial charge is 0.481 e. The van der Waals surface area contributed by atoms with Crippen LogP contribution in [-0.2, 0) is 0 Å². The first-order valence-corrected chi connectivity index (χ1v) is 7.04. The van der Waals surface area contributed by atoms with Crippen LogP contribution in [0.15, 0.2) is 30.3 Å². The smallest absolute Gasteiger partial charge is 0.312 e. The number of halogens is 2. The fraction of sp³-hybridized carbons (Fsp3) is 0.143. The standard InChI is InChI=1S/C14H11Cl2N3O4/c1-18(14(20)12-8(15)4-3-5-9(12)16)13-10(19(21)22)6-7-11(17-13)23-2/h3-7H,1-2H3. The van der Waals surface area contributed by atoms with Crippen LogP contribution >= 0.6 is 23.2 Å². The minimum Gasteiger partial charge on any atom is -0.481 e. The molecule has 0 unspecified atom stereocenters. The van der Waals surface area contributed by atoms with E-state index in [9.17, 15) is 14.9 Å². The van der Waals surface area contributed by atoms with Crippen molar-refractivity contribution in [3.8, 4) is 5.88 Å². The van der Waals surface area contributed by atoms with Gasteiger partial charge in [-0.25, -0.2) is 0 Å². The van der Waals surface area contributed by atoms with E-state index in [2.05, 4.69) is 4.98 Å². The van der Waals surface area contributed by atoms with Gasteiger partial charge in [0.1, 0.15) is 0 Å². The maximum atomic E-state index is 12.6. The highest BCUT2D eigenvalue weighted by atomic mass is 35.5. The number of hydrogen-bond acceptors (Lipinski definition) is 5. The van der Waals surface area contributed by atoms with Gasteiger partial charge in [0, 0.05) is 19.2 Å². The SMILES string of the molecule is COc1ccc([N+](=O)[O-])c(N(C)C(=O)c2c(Cl)cccc2Cl)n1. The predicted molar refractivity (Wildman–Crippen MR) is 86.6 cm³/mol. The summed E-state index contributed by atoms with van der Waals surface area (Å²) in [5.74, 6) is -0.657. The summed E-state index contributed by atoms with van der Waals surface area (Å²) >= 11 is 12.0. The summed E-state index contributed by atoms with van der Waals surface area (Å²) in [6, 6.07) is 7.14. The second-order valence-electron chi connectivity index (χ2n) is 4.41. The Bertz CT molecular complexity index is 762. The number of pyridine rings is 1. The van der Waals surface area contributed by atoms with Gasteiger partial charge >= 0.3 is 5.69 Å². The molecule has 7 nitrogen and oxygen atoms in total. The van der Waals surface area contributed by atoms with Crippen molar-refractivity contribution in [3.63, 3.8) is 0 Å². The van der Waals surface area contributed by atoms with Crippen molar-refractivity contribution in [3.05, 3.63) is 56.1 Å². The van der Waals surface area contributed by atoms with Gasteiger partial charge in [-0.2, -0.15) is 4.98 Å². The molecule has 2 rings (SSSR count). The number of amides is 1. The van der Waals surface area contributed by atoms with Crippen LogP contribution in [0.3, 0.4) is 0 Å². The van der Waals surface area contributed by atoms with Gasteiger partial charge in [0.25, 0.3) is 5.91 Å². The molecule has 0 aliphatic rings. The second-order valence-corrected chi connectivity index (χ2v) is 5.23. The van der Waals surface area contributed by atoms with Crippen LogP contribution in [0.5, 0.6) is 5.88 Å². The van der Waals surface area contributed by atoms with Gasteiger partial charge in [-0.15, -0.1) is 0 Å². The Hall–Kier alpha value is -2.38. The molecule has 1 aromatic heterocycles. The summed E-state index contributed by atoms with van der Waals surface area (Å²) in [5.41, 5.74) is -0.304. The molecule has 1 heterocycles. The van der Waals surface area contributed by atoms with Crippen LogP contribution in [0.2, 0.25) is 10.0 Å². The number of carbonyl (C=O) groups is 1. The molecule has 0 radical (unpaired) electrons. The number of ether oxygens (including phenoxy) is 1. The van der Waals surface area contributed by atoms with E-state index in [1.807, 2.05) is 0 Å². The first kappa shape index (κ1) is 17.0. The average Bonchev–Trinajstić information content (AvgIpc) is 2.53. The lowest BCUT2D eigenvalue weighted by Gasteiger charge is -2.18. The Balaban J connectivity index is 2.53. The topological polar surface area (TPSA) is 85.6 Å². The summed E-state index contributed by atoms with van der Waals surface area (Å²) in [4.78, 5) is 28.1. The normalized spacial score (nSPS) is 10.3. The number of methoxy groups -OCH3 is 1. The molecule has 0 fully saturated rings. The number of benzene rings is 1. The molecule has 120 valence electrons. The average molecular weight is 356 g/mol. The molecule has 0 aliphatic carbocycles. The number of carbonyl (C=O) groups excluding carboxylic acids is 1. The molecule has 0 atom stereocenters. The minimum absolute atomic E-state index is 0.0391. The quantitative estimate of drug-likeness (QED) is 0.617. The number of nitro groups is 1. The van der Waals surface area contributed by atoms with Crippen molar-refractivity contribution in [2.45, 2.75) is 0 Å². The second kappa shape index (κ2) is 6.80. The van der Waals surface area contributed by atoms with Gasteiger partial charge in [-0.3, -0.25) is 19.8 Å². The zero-order valence-electron chi connectivity index (χ0n) is 12.1. The third-order valence-corrected chi connectivity index (χ3v) is 3.66. The molecule has 1 amide bonds. The van der Waals surface area contributed by atoms with Crippen LogP contribution in [0.4, 0.5) is 11.5 Å². The van der Waals surface area contributed by atoms with E-state index >= 15 is 0 Å². The molecule has 0 spiro atoms. The summed E-state index contributed by atoms with van der Waals surface area (Å²) in [6.45, 7) is 0. The van der Waals surface area contributed by atoms with Crippen molar-refractivity contribution in [1.82, 2.24) is 4.98 Å². The lowest BCUT2D eigenvalue weighted by Crippen LogP contribution is -2.28. The summed E-state index contributed by atoms with van der Waals surface area (Å²) < 4.78 is 4.95. The molecule has 0 N–H and O–H groups in total. The molecule has 0 aliphatic heterocycles. The lowest BCUT2D eigenvalue weighted by molar-refractivity contribution is -0.384. The Labute approximate surface area is 141 Å². The Morgan fingerprint density at radius 2 is 1.87 bits per heavy atom. The number of rotatable bonds is 4. The van der Waals surface area contributed by atoms with Crippen LogP contribution in [0, 0.1) is 10.1 Å². The number of aromatic nitrogens is 1. The first-order chi connectivity index (χ1) is 10.9. The monoisotopic (exact) mass is 355 g/mol. The van der Waals surface area contributed by atoms with Crippen molar-refractivity contribution in [1.29, 1.82) is 0 Å². The molecular formula is C14H11Cl2N3O4. The fourth-order valence-corrected chi connectivity index (χ4v) is 2.45. The molecule has 1 aromatic carbocycles. The van der Waals surface area contributed by atoms with Crippen molar-refractivity contribution >= 4 is 40.6 Å². The van der Waals surface area contributed by atoms with Crippen LogP contribution in [0.1, 0.15) is 10.4 Å². The third-order valence-electron chi connectivity index (χ3n) is 3.03. The Kier molecular flexibility index (Phi) is 5.02. The van der Waals surface area contributed by atoms with Crippen LogP contribution in [0.25, 0.3) is 0 Å². The number of hydrogen-bond donors (Lipinski definition) is 0. The number of nitrogens with zero attached hydrogens (tertiary/aromatic N) is 3.